The van der Waals surface area contributed by atoms with Crippen molar-refractivity contribution < 1.29 is 0 Å². The van der Waals surface area contributed by atoms with Crippen LogP contribution in [0.3, 0.4) is 0 Å². The van der Waals surface area contributed by atoms with Crippen LogP contribution in [-0.4, -0.2) is 20.9 Å². The lowest BCUT2D eigenvalue weighted by Crippen LogP contribution is -2.09. The quantitative estimate of drug-likeness (QED) is 0.809. The molecular weight excluding hydrogens is 280 g/mol. The molecule has 2 N–H and O–H groups in total. The third kappa shape index (κ3) is 2.08. The molecule has 0 aliphatic heterocycles. The summed E-state index contributed by atoms with van der Waals surface area (Å²) in [5.74, 6) is 0. The molecule has 0 atom stereocenters. The summed E-state index contributed by atoms with van der Waals surface area (Å²) in [4.78, 5) is 11.7. The van der Waals surface area contributed by atoms with Gasteiger partial charge in [-0.1, -0.05) is 0 Å². The number of imidazole rings is 1. The summed E-state index contributed by atoms with van der Waals surface area (Å²) >= 11 is 1.85. The van der Waals surface area contributed by atoms with Crippen molar-refractivity contribution in [1.29, 1.82) is 0 Å². The van der Waals surface area contributed by atoms with Gasteiger partial charge < -0.3 is 5.73 Å². The fraction of sp³-hybridized carbons (Fsp3) is 0.375. The van der Waals surface area contributed by atoms with Crippen LogP contribution in [0.5, 0.6) is 0 Å². The Bertz CT molecular complexity index is 773. The topological polar surface area (TPSA) is 56.2 Å². The van der Waals surface area contributed by atoms with E-state index in [2.05, 4.69) is 15.5 Å². The molecule has 0 fully saturated rings. The summed E-state index contributed by atoms with van der Waals surface area (Å²) in [6.45, 7) is 0.645. The van der Waals surface area contributed by atoms with Gasteiger partial charge in [-0.25, -0.2) is 4.98 Å². The second kappa shape index (κ2) is 5.24. The van der Waals surface area contributed by atoms with Gasteiger partial charge in [0.15, 0.2) is 4.96 Å². The number of fused-ring (bicyclic) bond motifs is 3. The summed E-state index contributed by atoms with van der Waals surface area (Å²) in [6, 6.07) is 4.04. The van der Waals surface area contributed by atoms with Gasteiger partial charge in [0, 0.05) is 34.9 Å². The van der Waals surface area contributed by atoms with Crippen LogP contribution >= 0.6 is 11.3 Å². The first-order valence-corrected chi connectivity index (χ1v) is 8.32. The number of aromatic nitrogens is 3. The maximum atomic E-state index is 5.85. The fourth-order valence-corrected chi connectivity index (χ4v) is 4.42. The Labute approximate surface area is 127 Å². The van der Waals surface area contributed by atoms with Crippen LogP contribution in [-0.2, 0) is 19.3 Å². The largest absolute Gasteiger partial charge is 0.330 e. The molecule has 21 heavy (non-hydrogen) atoms. The van der Waals surface area contributed by atoms with E-state index in [1.165, 1.54) is 35.5 Å². The predicted molar refractivity (Wildman–Crippen MR) is 85.7 cm³/mol. The minimum absolute atomic E-state index is 0.645. The van der Waals surface area contributed by atoms with Crippen LogP contribution in [0, 0.1) is 0 Å². The van der Waals surface area contributed by atoms with Crippen LogP contribution in [0.15, 0.2) is 24.5 Å². The second-order valence-electron chi connectivity index (χ2n) is 5.48. The van der Waals surface area contributed by atoms with Crippen LogP contribution in [0.2, 0.25) is 0 Å². The molecule has 4 nitrogen and oxygen atoms in total. The Morgan fingerprint density at radius 1 is 1.29 bits per heavy atom. The van der Waals surface area contributed by atoms with Gasteiger partial charge in [-0.3, -0.25) is 9.38 Å². The summed E-state index contributed by atoms with van der Waals surface area (Å²) in [5, 5.41) is 0. The van der Waals surface area contributed by atoms with Gasteiger partial charge in [-0.05, 0) is 44.4 Å². The van der Waals surface area contributed by atoms with E-state index in [4.69, 9.17) is 10.7 Å². The summed E-state index contributed by atoms with van der Waals surface area (Å²) in [5.41, 5.74) is 10.7. The summed E-state index contributed by atoms with van der Waals surface area (Å²) < 4.78 is 2.37. The van der Waals surface area contributed by atoms with E-state index < -0.39 is 0 Å². The van der Waals surface area contributed by atoms with Crippen LogP contribution in [0.4, 0.5) is 0 Å². The molecule has 0 radical (unpaired) electrons. The Morgan fingerprint density at radius 2 is 2.19 bits per heavy atom. The van der Waals surface area contributed by atoms with Gasteiger partial charge in [0.25, 0.3) is 0 Å². The Morgan fingerprint density at radius 3 is 3.00 bits per heavy atom. The average molecular weight is 298 g/mol. The normalized spacial score (nSPS) is 14.5. The van der Waals surface area contributed by atoms with Crippen LogP contribution in [0.25, 0.3) is 16.2 Å². The highest BCUT2D eigenvalue weighted by atomic mass is 32.1. The minimum atomic E-state index is 0.645. The van der Waals surface area contributed by atoms with E-state index in [1.54, 1.807) is 6.20 Å². The molecule has 1 aliphatic carbocycles. The molecular formula is C16H18N4S. The van der Waals surface area contributed by atoms with Crippen molar-refractivity contribution in [1.82, 2.24) is 14.4 Å². The zero-order valence-corrected chi connectivity index (χ0v) is 12.7. The van der Waals surface area contributed by atoms with Crippen molar-refractivity contribution in [3.05, 3.63) is 40.8 Å². The SMILES string of the molecule is NCCc1c(-c2cccnc2)nc2sc3c(n12)CCCC3. The van der Waals surface area contributed by atoms with E-state index in [1.807, 2.05) is 23.6 Å². The number of nitrogens with zero attached hydrogens (tertiary/aromatic N) is 3. The molecule has 3 aromatic heterocycles. The number of hydrogen-bond acceptors (Lipinski definition) is 4. The molecule has 5 heteroatoms. The Hall–Kier alpha value is -1.72. The van der Waals surface area contributed by atoms with Gasteiger partial charge in [0.05, 0.1) is 11.4 Å². The molecule has 3 heterocycles. The zero-order chi connectivity index (χ0) is 14.2. The number of hydrogen-bond donors (Lipinski definition) is 1. The molecule has 0 saturated carbocycles. The summed E-state index contributed by atoms with van der Waals surface area (Å²) in [6.07, 6.45) is 9.49. The smallest absolute Gasteiger partial charge is 0.194 e. The Kier molecular flexibility index (Phi) is 3.24. The van der Waals surface area contributed by atoms with Crippen LogP contribution < -0.4 is 5.73 Å². The zero-order valence-electron chi connectivity index (χ0n) is 11.9. The molecule has 4 rings (SSSR count). The van der Waals surface area contributed by atoms with Gasteiger partial charge in [0.1, 0.15) is 0 Å². The van der Waals surface area contributed by atoms with E-state index in [9.17, 15) is 0 Å². The first-order chi connectivity index (χ1) is 10.4. The number of aryl methyl sites for hydroxylation is 2. The van der Waals surface area contributed by atoms with E-state index in [0.29, 0.717) is 6.54 Å². The predicted octanol–water partition coefficient (Wildman–Crippen LogP) is 2.84. The molecule has 1 aliphatic rings. The average Bonchev–Trinajstić information content (AvgIpc) is 3.05. The minimum Gasteiger partial charge on any atom is -0.330 e. The Balaban J connectivity index is 1.96. The maximum Gasteiger partial charge on any atom is 0.194 e. The number of pyridine rings is 1. The van der Waals surface area contributed by atoms with E-state index >= 15 is 0 Å². The van der Waals surface area contributed by atoms with Crippen molar-refractivity contribution in [2.24, 2.45) is 5.73 Å². The highest BCUT2D eigenvalue weighted by Crippen LogP contribution is 2.34. The number of nitrogens with two attached hydrogens (primary N) is 1. The van der Waals surface area contributed by atoms with Crippen molar-refractivity contribution in [3.63, 3.8) is 0 Å². The van der Waals surface area contributed by atoms with Crippen molar-refractivity contribution in [3.8, 4) is 11.3 Å². The van der Waals surface area contributed by atoms with Crippen molar-refractivity contribution >= 4 is 16.3 Å². The highest BCUT2D eigenvalue weighted by molar-refractivity contribution is 7.17. The third-order valence-electron chi connectivity index (χ3n) is 4.13. The standard InChI is InChI=1S/C16H18N4S/c17-8-7-13-15(11-4-3-9-18-10-11)19-16-20(13)12-5-1-2-6-14(12)21-16/h3-4,9-10H,1-2,5-8,17H2. The number of rotatable bonds is 3. The number of thiazole rings is 1. The van der Waals surface area contributed by atoms with Gasteiger partial charge >= 0.3 is 0 Å². The first-order valence-electron chi connectivity index (χ1n) is 7.51. The molecule has 0 aromatic carbocycles. The van der Waals surface area contributed by atoms with Gasteiger partial charge in [-0.15, -0.1) is 11.3 Å². The monoisotopic (exact) mass is 298 g/mol. The first kappa shape index (κ1) is 13.0. The molecule has 108 valence electrons. The lowest BCUT2D eigenvalue weighted by Gasteiger charge is -2.12. The van der Waals surface area contributed by atoms with E-state index in [-0.39, 0.29) is 0 Å². The maximum absolute atomic E-state index is 5.85. The second-order valence-corrected chi connectivity index (χ2v) is 6.55. The van der Waals surface area contributed by atoms with Gasteiger partial charge in [0.2, 0.25) is 0 Å². The molecule has 0 spiro atoms. The van der Waals surface area contributed by atoms with Crippen molar-refractivity contribution in [2.75, 3.05) is 6.54 Å². The molecule has 0 saturated heterocycles. The molecule has 3 aromatic rings. The molecule has 0 amide bonds. The van der Waals surface area contributed by atoms with Crippen molar-refractivity contribution in [2.45, 2.75) is 32.1 Å². The molecule has 0 bridgehead atoms. The molecule has 0 unspecified atom stereocenters. The fourth-order valence-electron chi connectivity index (χ4n) is 3.20. The lowest BCUT2D eigenvalue weighted by atomic mass is 10.0. The lowest BCUT2D eigenvalue weighted by molar-refractivity contribution is 0.669. The van der Waals surface area contributed by atoms with E-state index in [0.717, 1.165) is 29.1 Å². The highest BCUT2D eigenvalue weighted by Gasteiger charge is 2.22. The summed E-state index contributed by atoms with van der Waals surface area (Å²) in [7, 11) is 0. The third-order valence-corrected chi connectivity index (χ3v) is 5.27. The van der Waals surface area contributed by atoms with Gasteiger partial charge in [-0.2, -0.15) is 0 Å². The van der Waals surface area contributed by atoms with Crippen LogP contribution in [0.1, 0.15) is 29.1 Å².